The van der Waals surface area contributed by atoms with Crippen molar-refractivity contribution in [2.75, 3.05) is 7.11 Å². The smallest absolute Gasteiger partial charge is 0.306 e. The summed E-state index contributed by atoms with van der Waals surface area (Å²) in [6.45, 7) is 0. The van der Waals surface area contributed by atoms with Gasteiger partial charge in [-0.1, -0.05) is 60.7 Å². The summed E-state index contributed by atoms with van der Waals surface area (Å²) in [5.74, 6) is -1.03. The minimum Gasteiger partial charge on any atom is -0.507 e. The highest BCUT2D eigenvalue weighted by molar-refractivity contribution is 5.90. The van der Waals surface area contributed by atoms with Gasteiger partial charge in [0.15, 0.2) is 5.43 Å². The minimum absolute atomic E-state index is 0.0367. The number of ether oxygens (including phenoxy) is 1. The molecule has 0 unspecified atom stereocenters. The highest BCUT2D eigenvalue weighted by Crippen LogP contribution is 2.44. The third-order valence-electron chi connectivity index (χ3n) is 6.03. The summed E-state index contributed by atoms with van der Waals surface area (Å²) in [4.78, 5) is 25.5. The first-order chi connectivity index (χ1) is 17.5. The van der Waals surface area contributed by atoms with E-state index in [0.717, 1.165) is 11.6 Å². The van der Waals surface area contributed by atoms with E-state index in [2.05, 4.69) is 0 Å². The van der Waals surface area contributed by atoms with Crippen molar-refractivity contribution in [3.63, 3.8) is 0 Å². The molecule has 2 N–H and O–H groups in total. The fourth-order valence-electron chi connectivity index (χ4n) is 4.30. The predicted octanol–water partition coefficient (Wildman–Crippen LogP) is 5.83. The molecule has 0 radical (unpaired) electrons. The van der Waals surface area contributed by atoms with Gasteiger partial charge in [0, 0.05) is 28.8 Å². The van der Waals surface area contributed by atoms with Crippen LogP contribution < -0.4 is 5.43 Å². The number of phenolic OH excluding ortho intramolecular Hbond substituents is 2. The largest absolute Gasteiger partial charge is 0.507 e. The van der Waals surface area contributed by atoms with Crippen LogP contribution in [0.1, 0.15) is 23.7 Å². The number of methoxy groups -OCH3 is 1. The number of carbonyl (C=O) groups excluding carboxylic acids is 1. The van der Waals surface area contributed by atoms with Crippen molar-refractivity contribution in [2.24, 2.45) is 0 Å². The maximum absolute atomic E-state index is 13.1. The maximum atomic E-state index is 13.1. The van der Waals surface area contributed by atoms with E-state index in [-0.39, 0.29) is 34.5 Å². The van der Waals surface area contributed by atoms with Gasteiger partial charge in [-0.3, -0.25) is 9.59 Å². The number of esters is 1. The van der Waals surface area contributed by atoms with Crippen molar-refractivity contribution in [3.05, 3.63) is 106 Å². The zero-order valence-corrected chi connectivity index (χ0v) is 19.3. The first kappa shape index (κ1) is 23.0. The van der Waals surface area contributed by atoms with Crippen molar-refractivity contribution < 1.29 is 28.6 Å². The van der Waals surface area contributed by atoms with E-state index in [0.29, 0.717) is 17.1 Å². The molecule has 0 saturated carbocycles. The molecule has 0 aliphatic carbocycles. The number of hydrogen-bond acceptors (Lipinski definition) is 7. The van der Waals surface area contributed by atoms with E-state index in [1.807, 2.05) is 36.4 Å². The van der Waals surface area contributed by atoms with E-state index in [4.69, 9.17) is 13.6 Å². The summed E-state index contributed by atoms with van der Waals surface area (Å²) in [5.41, 5.74) is 1.08. The van der Waals surface area contributed by atoms with Gasteiger partial charge in [0.2, 0.25) is 0 Å². The summed E-state index contributed by atoms with van der Waals surface area (Å²) in [5, 5.41) is 21.4. The third-order valence-corrected chi connectivity index (χ3v) is 6.03. The fraction of sp³-hybridized carbons (Fsp3) is 0.103. The number of furan rings is 1. The second-order valence-corrected chi connectivity index (χ2v) is 8.27. The molecule has 0 aliphatic rings. The number of phenols is 2. The van der Waals surface area contributed by atoms with E-state index >= 15 is 0 Å². The monoisotopic (exact) mass is 482 g/mol. The van der Waals surface area contributed by atoms with Gasteiger partial charge in [-0.25, -0.2) is 0 Å². The van der Waals surface area contributed by atoms with Crippen LogP contribution in [0.5, 0.6) is 11.5 Å². The number of aromatic hydroxyl groups is 2. The number of carbonyl (C=O) groups is 1. The first-order valence-corrected chi connectivity index (χ1v) is 11.3. The van der Waals surface area contributed by atoms with Gasteiger partial charge in [-0.05, 0) is 12.1 Å². The Hall–Kier alpha value is -4.78. The molecule has 3 aromatic carbocycles. The molecule has 0 fully saturated rings. The van der Waals surface area contributed by atoms with Gasteiger partial charge in [0.1, 0.15) is 39.7 Å². The van der Waals surface area contributed by atoms with Crippen LogP contribution in [0.3, 0.4) is 0 Å². The summed E-state index contributed by atoms with van der Waals surface area (Å²) in [6, 6.07) is 24.2. The van der Waals surface area contributed by atoms with Crippen LogP contribution in [0, 0.1) is 0 Å². The molecule has 7 heteroatoms. The topological polar surface area (TPSA) is 110 Å². The Morgan fingerprint density at radius 2 is 1.47 bits per heavy atom. The van der Waals surface area contributed by atoms with Crippen LogP contribution >= 0.6 is 0 Å². The predicted molar refractivity (Wildman–Crippen MR) is 134 cm³/mol. The minimum atomic E-state index is -0.868. The van der Waals surface area contributed by atoms with Crippen LogP contribution in [0.15, 0.2) is 98.6 Å². The standard InChI is InChI=1S/C29H22O7/c1-34-26(33)14-19(24-13-12-23(35-24)17-8-4-2-5-9-17)27-20(30)15-21(31)28-22(32)16-25(36-29(27)28)18-10-6-3-7-11-18/h2-13,15-16,19,30-31H,14H2,1H3/t19-/m0/s1. The molecular formula is C29H22O7. The van der Waals surface area contributed by atoms with Gasteiger partial charge >= 0.3 is 5.97 Å². The Balaban J connectivity index is 1.75. The van der Waals surface area contributed by atoms with Crippen molar-refractivity contribution in [1.82, 2.24) is 0 Å². The molecule has 180 valence electrons. The number of benzene rings is 3. The molecule has 0 saturated heterocycles. The summed E-state index contributed by atoms with van der Waals surface area (Å²) in [7, 11) is 1.26. The van der Waals surface area contributed by atoms with Crippen LogP contribution in [-0.4, -0.2) is 23.3 Å². The van der Waals surface area contributed by atoms with E-state index in [1.54, 1.807) is 36.4 Å². The summed E-state index contributed by atoms with van der Waals surface area (Å²) in [6.07, 6.45) is -0.203. The number of hydrogen-bond donors (Lipinski definition) is 2. The van der Waals surface area contributed by atoms with Crippen LogP contribution in [-0.2, 0) is 9.53 Å². The van der Waals surface area contributed by atoms with Gasteiger partial charge in [0.05, 0.1) is 19.4 Å². The lowest BCUT2D eigenvalue weighted by atomic mass is 9.90. The zero-order chi connectivity index (χ0) is 25.2. The molecule has 5 aromatic rings. The van der Waals surface area contributed by atoms with Gasteiger partial charge in [-0.15, -0.1) is 0 Å². The molecular weight excluding hydrogens is 460 g/mol. The van der Waals surface area contributed by atoms with Crippen LogP contribution in [0.2, 0.25) is 0 Å². The molecule has 0 amide bonds. The highest BCUT2D eigenvalue weighted by Gasteiger charge is 2.30. The zero-order valence-electron chi connectivity index (χ0n) is 19.3. The maximum Gasteiger partial charge on any atom is 0.306 e. The Bertz CT molecular complexity index is 1600. The summed E-state index contributed by atoms with van der Waals surface area (Å²) < 4.78 is 17.1. The lowest BCUT2D eigenvalue weighted by Crippen LogP contribution is -2.12. The molecule has 1 atom stereocenters. The van der Waals surface area contributed by atoms with Gasteiger partial charge < -0.3 is 23.8 Å². The van der Waals surface area contributed by atoms with E-state index in [9.17, 15) is 19.8 Å². The SMILES string of the molecule is COC(=O)C[C@@H](c1ccc(-c2ccccc2)o1)c1c(O)cc(O)c2c(=O)cc(-c3ccccc3)oc12. The quantitative estimate of drug-likeness (QED) is 0.293. The second kappa shape index (κ2) is 9.46. The molecule has 7 nitrogen and oxygen atoms in total. The van der Waals surface area contributed by atoms with E-state index < -0.39 is 23.1 Å². The first-order valence-electron chi connectivity index (χ1n) is 11.3. The van der Waals surface area contributed by atoms with Crippen molar-refractivity contribution in [2.45, 2.75) is 12.3 Å². The molecule has 0 spiro atoms. The fourth-order valence-corrected chi connectivity index (χ4v) is 4.30. The van der Waals surface area contributed by atoms with Crippen LogP contribution in [0.25, 0.3) is 33.6 Å². The molecule has 5 rings (SSSR count). The van der Waals surface area contributed by atoms with Crippen molar-refractivity contribution in [1.29, 1.82) is 0 Å². The number of rotatable bonds is 6. The Morgan fingerprint density at radius 1 is 0.833 bits per heavy atom. The Labute approximate surface area is 205 Å². The molecule has 0 bridgehead atoms. The van der Waals surface area contributed by atoms with Gasteiger partial charge in [-0.2, -0.15) is 0 Å². The molecule has 0 aliphatic heterocycles. The molecule has 36 heavy (non-hydrogen) atoms. The lowest BCUT2D eigenvalue weighted by molar-refractivity contribution is -0.140. The lowest BCUT2D eigenvalue weighted by Gasteiger charge is -2.18. The van der Waals surface area contributed by atoms with Crippen molar-refractivity contribution >= 4 is 16.9 Å². The van der Waals surface area contributed by atoms with Gasteiger partial charge in [0.25, 0.3) is 0 Å². The average molecular weight is 482 g/mol. The van der Waals surface area contributed by atoms with E-state index in [1.165, 1.54) is 13.2 Å². The van der Waals surface area contributed by atoms with Crippen molar-refractivity contribution in [3.8, 4) is 34.1 Å². The number of fused-ring (bicyclic) bond motifs is 1. The molecule has 2 heterocycles. The Morgan fingerprint density at radius 3 is 2.11 bits per heavy atom. The summed E-state index contributed by atoms with van der Waals surface area (Å²) >= 11 is 0. The molecule has 2 aromatic heterocycles. The Kier molecular flexibility index (Phi) is 6.04. The normalized spacial score (nSPS) is 11.9. The second-order valence-electron chi connectivity index (χ2n) is 8.27. The highest BCUT2D eigenvalue weighted by atomic mass is 16.5. The van der Waals surface area contributed by atoms with Crippen LogP contribution in [0.4, 0.5) is 0 Å². The average Bonchev–Trinajstić information content (AvgIpc) is 3.38. The third kappa shape index (κ3) is 4.22.